The van der Waals surface area contributed by atoms with E-state index in [9.17, 15) is 0 Å². The van der Waals surface area contributed by atoms with Gasteiger partial charge in [0.15, 0.2) is 11.6 Å². The van der Waals surface area contributed by atoms with Gasteiger partial charge in [-0.3, -0.25) is 4.90 Å². The standard InChI is InChI=1S/C21H27FN4O2/c1-25(11-15-7-9-28-10-8-15)17-12-26(13-17)21-19(22)20(23-14-24-21)16-3-5-18(27-2)6-4-16/h3-6,14-15,17H,7-13H2,1-2H3. The zero-order valence-corrected chi connectivity index (χ0v) is 16.5. The molecule has 1 aromatic heterocycles. The van der Waals surface area contributed by atoms with Gasteiger partial charge in [0.25, 0.3) is 0 Å². The number of halogens is 1. The van der Waals surface area contributed by atoms with Gasteiger partial charge in [0.05, 0.1) is 7.11 Å². The van der Waals surface area contributed by atoms with E-state index in [0.29, 0.717) is 23.5 Å². The first kappa shape index (κ1) is 19.1. The molecule has 0 saturated carbocycles. The third kappa shape index (κ3) is 3.95. The first-order valence-corrected chi connectivity index (χ1v) is 9.83. The molecular weight excluding hydrogens is 359 g/mol. The van der Waals surface area contributed by atoms with Crippen LogP contribution in [0.3, 0.4) is 0 Å². The molecule has 2 aliphatic heterocycles. The summed E-state index contributed by atoms with van der Waals surface area (Å²) in [5.74, 6) is 1.46. The number of aromatic nitrogens is 2. The maximum absolute atomic E-state index is 15.1. The van der Waals surface area contributed by atoms with E-state index in [2.05, 4.69) is 21.9 Å². The summed E-state index contributed by atoms with van der Waals surface area (Å²) in [6.45, 7) is 4.39. The van der Waals surface area contributed by atoms with Gasteiger partial charge < -0.3 is 14.4 Å². The molecule has 1 aromatic carbocycles. The maximum atomic E-state index is 15.1. The van der Waals surface area contributed by atoms with E-state index in [4.69, 9.17) is 9.47 Å². The second-order valence-corrected chi connectivity index (χ2v) is 7.64. The molecule has 7 heteroatoms. The quantitative estimate of drug-likeness (QED) is 0.761. The molecule has 4 rings (SSSR count). The van der Waals surface area contributed by atoms with Gasteiger partial charge in [0.2, 0.25) is 0 Å². The van der Waals surface area contributed by atoms with E-state index < -0.39 is 0 Å². The minimum Gasteiger partial charge on any atom is -0.497 e. The van der Waals surface area contributed by atoms with Gasteiger partial charge in [-0.1, -0.05) is 0 Å². The van der Waals surface area contributed by atoms with Crippen molar-refractivity contribution in [3.8, 4) is 17.0 Å². The Kier molecular flexibility index (Phi) is 5.73. The molecule has 0 radical (unpaired) electrons. The fraction of sp³-hybridized carbons (Fsp3) is 0.524. The summed E-state index contributed by atoms with van der Waals surface area (Å²) < 4.78 is 25.7. The third-order valence-electron chi connectivity index (χ3n) is 5.81. The highest BCUT2D eigenvalue weighted by Crippen LogP contribution is 2.30. The normalized spacial score (nSPS) is 18.4. The summed E-state index contributed by atoms with van der Waals surface area (Å²) in [5.41, 5.74) is 1.04. The fourth-order valence-electron chi connectivity index (χ4n) is 3.92. The van der Waals surface area contributed by atoms with E-state index in [-0.39, 0.29) is 5.82 Å². The van der Waals surface area contributed by atoms with Crippen LogP contribution in [0.2, 0.25) is 0 Å². The van der Waals surface area contributed by atoms with E-state index >= 15 is 4.39 Å². The summed E-state index contributed by atoms with van der Waals surface area (Å²) in [6.07, 6.45) is 3.70. The second-order valence-electron chi connectivity index (χ2n) is 7.64. The highest BCUT2D eigenvalue weighted by Gasteiger charge is 2.34. The van der Waals surface area contributed by atoms with Gasteiger partial charge in [0, 0.05) is 44.5 Å². The summed E-state index contributed by atoms with van der Waals surface area (Å²) >= 11 is 0. The number of hydrogen-bond acceptors (Lipinski definition) is 6. The molecule has 2 aromatic rings. The lowest BCUT2D eigenvalue weighted by atomic mass is 9.98. The fourth-order valence-corrected chi connectivity index (χ4v) is 3.92. The summed E-state index contributed by atoms with van der Waals surface area (Å²) in [4.78, 5) is 12.8. The number of nitrogens with zero attached hydrogens (tertiary/aromatic N) is 4. The lowest BCUT2D eigenvalue weighted by Gasteiger charge is -2.45. The van der Waals surface area contributed by atoms with Crippen molar-refractivity contribution in [3.63, 3.8) is 0 Å². The molecule has 6 nitrogen and oxygen atoms in total. The van der Waals surface area contributed by atoms with Gasteiger partial charge in [-0.05, 0) is 50.1 Å². The Morgan fingerprint density at radius 2 is 1.89 bits per heavy atom. The predicted molar refractivity (Wildman–Crippen MR) is 106 cm³/mol. The number of likely N-dealkylation sites (N-methyl/N-ethyl adjacent to an activating group) is 1. The van der Waals surface area contributed by atoms with Crippen molar-refractivity contribution in [1.82, 2.24) is 14.9 Å². The number of benzene rings is 1. The molecule has 0 N–H and O–H groups in total. The van der Waals surface area contributed by atoms with Crippen LogP contribution in [-0.2, 0) is 4.74 Å². The maximum Gasteiger partial charge on any atom is 0.191 e. The SMILES string of the molecule is COc1ccc(-c2ncnc(N3CC(N(C)CC4CCOCC4)C3)c2F)cc1. The Morgan fingerprint density at radius 3 is 2.57 bits per heavy atom. The van der Waals surface area contributed by atoms with Gasteiger partial charge in [-0.25, -0.2) is 14.4 Å². The Labute approximate surface area is 165 Å². The van der Waals surface area contributed by atoms with Crippen LogP contribution < -0.4 is 9.64 Å². The molecule has 0 aliphatic carbocycles. The van der Waals surface area contributed by atoms with Crippen LogP contribution in [0.5, 0.6) is 5.75 Å². The van der Waals surface area contributed by atoms with Crippen molar-refractivity contribution in [1.29, 1.82) is 0 Å². The van der Waals surface area contributed by atoms with Crippen LogP contribution in [0.15, 0.2) is 30.6 Å². The number of anilines is 1. The molecule has 0 bridgehead atoms. The van der Waals surface area contributed by atoms with Crippen LogP contribution in [0.4, 0.5) is 10.2 Å². The second kappa shape index (κ2) is 8.41. The average Bonchev–Trinajstić information content (AvgIpc) is 2.69. The molecule has 150 valence electrons. The highest BCUT2D eigenvalue weighted by molar-refractivity contribution is 5.65. The van der Waals surface area contributed by atoms with Crippen molar-refractivity contribution in [2.24, 2.45) is 5.92 Å². The lowest BCUT2D eigenvalue weighted by Crippen LogP contribution is -2.59. The van der Waals surface area contributed by atoms with E-state index in [1.807, 2.05) is 29.2 Å². The topological polar surface area (TPSA) is 50.7 Å². The van der Waals surface area contributed by atoms with Gasteiger partial charge in [-0.2, -0.15) is 0 Å². The Hall–Kier alpha value is -2.25. The minimum atomic E-state index is -0.363. The first-order valence-electron chi connectivity index (χ1n) is 9.83. The smallest absolute Gasteiger partial charge is 0.191 e. The largest absolute Gasteiger partial charge is 0.497 e. The number of rotatable bonds is 6. The molecule has 0 amide bonds. The highest BCUT2D eigenvalue weighted by atomic mass is 19.1. The van der Waals surface area contributed by atoms with Crippen molar-refractivity contribution in [2.75, 3.05) is 51.9 Å². The van der Waals surface area contributed by atoms with Gasteiger partial charge in [-0.15, -0.1) is 0 Å². The predicted octanol–water partition coefficient (Wildman–Crippen LogP) is 2.84. The summed E-state index contributed by atoms with van der Waals surface area (Å²) in [6, 6.07) is 7.67. The van der Waals surface area contributed by atoms with Crippen LogP contribution >= 0.6 is 0 Å². The Bertz CT molecular complexity index is 789. The first-order chi connectivity index (χ1) is 13.7. The van der Waals surface area contributed by atoms with Crippen LogP contribution in [0, 0.1) is 11.7 Å². The lowest BCUT2D eigenvalue weighted by molar-refractivity contribution is 0.0480. The van der Waals surface area contributed by atoms with Crippen molar-refractivity contribution >= 4 is 5.82 Å². The van der Waals surface area contributed by atoms with Gasteiger partial charge in [0.1, 0.15) is 17.8 Å². The monoisotopic (exact) mass is 386 g/mol. The van der Waals surface area contributed by atoms with E-state index in [1.165, 1.54) is 6.33 Å². The third-order valence-corrected chi connectivity index (χ3v) is 5.81. The number of methoxy groups -OCH3 is 1. The van der Waals surface area contributed by atoms with Crippen LogP contribution in [0.1, 0.15) is 12.8 Å². The molecule has 0 unspecified atom stereocenters. The minimum absolute atomic E-state index is 0.326. The van der Waals surface area contributed by atoms with Crippen molar-refractivity contribution in [3.05, 3.63) is 36.4 Å². The number of ether oxygens (including phenoxy) is 2. The summed E-state index contributed by atoms with van der Waals surface area (Å²) in [7, 11) is 3.77. The molecule has 2 fully saturated rings. The van der Waals surface area contributed by atoms with Crippen LogP contribution in [-0.4, -0.2) is 67.9 Å². The Morgan fingerprint density at radius 1 is 1.18 bits per heavy atom. The summed E-state index contributed by atoms with van der Waals surface area (Å²) in [5, 5.41) is 0. The van der Waals surface area contributed by atoms with Gasteiger partial charge >= 0.3 is 0 Å². The molecular formula is C21H27FN4O2. The van der Waals surface area contributed by atoms with Crippen molar-refractivity contribution < 1.29 is 13.9 Å². The van der Waals surface area contributed by atoms with E-state index in [1.54, 1.807) is 7.11 Å². The molecule has 2 saturated heterocycles. The molecule has 0 atom stereocenters. The van der Waals surface area contributed by atoms with E-state index in [0.717, 1.165) is 57.0 Å². The Balaban J connectivity index is 1.40. The molecule has 28 heavy (non-hydrogen) atoms. The zero-order valence-electron chi connectivity index (χ0n) is 16.5. The molecule has 2 aliphatic rings. The molecule has 3 heterocycles. The number of hydrogen-bond donors (Lipinski definition) is 0. The van der Waals surface area contributed by atoms with Crippen molar-refractivity contribution in [2.45, 2.75) is 18.9 Å². The average molecular weight is 386 g/mol. The van der Waals surface area contributed by atoms with Crippen LogP contribution in [0.25, 0.3) is 11.3 Å². The molecule has 0 spiro atoms. The zero-order chi connectivity index (χ0) is 19.5.